The fraction of sp³-hybridized carbons (Fsp3) is 0.560. The first-order chi connectivity index (χ1) is 16.8. The van der Waals surface area contributed by atoms with Crippen molar-refractivity contribution >= 4 is 28.9 Å². The predicted octanol–water partition coefficient (Wildman–Crippen LogP) is 5.48. The van der Waals surface area contributed by atoms with Gasteiger partial charge in [0.1, 0.15) is 17.2 Å². The Morgan fingerprint density at radius 1 is 1.26 bits per heavy atom. The number of halogens is 1. The molecule has 0 amide bonds. The third kappa shape index (κ3) is 6.52. The maximum absolute atomic E-state index is 11.6. The largest absolute Gasteiger partial charge is 0.477 e. The van der Waals surface area contributed by atoms with Crippen molar-refractivity contribution in [1.82, 2.24) is 19.6 Å². The Kier molecular flexibility index (Phi) is 8.64. The van der Waals surface area contributed by atoms with Crippen LogP contribution in [0, 0.1) is 0 Å². The van der Waals surface area contributed by atoms with E-state index in [9.17, 15) is 9.90 Å². The number of hydrogen-bond donors (Lipinski definition) is 2. The number of hydrogen-bond acceptors (Lipinski definition) is 7. The number of nitrogens with two attached hydrogens (primary N) is 1. The van der Waals surface area contributed by atoms with Crippen LogP contribution in [0.15, 0.2) is 28.9 Å². The Morgan fingerprint density at radius 3 is 2.57 bits per heavy atom. The number of rotatable bonds is 6. The number of thiophene rings is 1. The minimum atomic E-state index is -0.981. The van der Waals surface area contributed by atoms with Gasteiger partial charge in [-0.25, -0.2) is 9.78 Å². The summed E-state index contributed by atoms with van der Waals surface area (Å²) in [6.07, 6.45) is 8.22. The summed E-state index contributed by atoms with van der Waals surface area (Å²) in [7, 11) is 0. The molecule has 1 aliphatic carbocycles. The average molecular weight is 520 g/mol. The van der Waals surface area contributed by atoms with Crippen molar-refractivity contribution in [3.8, 4) is 10.6 Å². The van der Waals surface area contributed by atoms with Crippen molar-refractivity contribution in [3.63, 3.8) is 0 Å². The van der Waals surface area contributed by atoms with Gasteiger partial charge in [-0.05, 0) is 64.8 Å². The number of imidazole rings is 1. The summed E-state index contributed by atoms with van der Waals surface area (Å²) < 4.78 is 7.83. The van der Waals surface area contributed by atoms with E-state index in [1.165, 1.54) is 43.5 Å². The second-order valence-corrected chi connectivity index (χ2v) is 11.3. The van der Waals surface area contributed by atoms with Crippen LogP contribution in [0.1, 0.15) is 80.3 Å². The highest BCUT2D eigenvalue weighted by Gasteiger charge is 2.26. The summed E-state index contributed by atoms with van der Waals surface area (Å²) in [5.41, 5.74) is 6.62. The lowest BCUT2D eigenvalue weighted by Crippen LogP contribution is -2.42. The van der Waals surface area contributed by atoms with Crippen molar-refractivity contribution in [2.45, 2.75) is 76.9 Å². The Hall–Kier alpha value is -2.20. The van der Waals surface area contributed by atoms with E-state index < -0.39 is 5.97 Å². The van der Waals surface area contributed by atoms with Gasteiger partial charge in [0.25, 0.3) is 0 Å². The van der Waals surface area contributed by atoms with E-state index in [1.54, 1.807) is 10.6 Å². The molecule has 35 heavy (non-hydrogen) atoms. The molecule has 0 aromatic carbocycles. The first kappa shape index (κ1) is 25.9. The van der Waals surface area contributed by atoms with Gasteiger partial charge in [0.2, 0.25) is 0 Å². The van der Waals surface area contributed by atoms with Gasteiger partial charge in [-0.3, -0.25) is 0 Å². The van der Waals surface area contributed by atoms with Crippen LogP contribution in [0.4, 0.5) is 0 Å². The number of carboxylic acid groups (broad SMARTS) is 1. The van der Waals surface area contributed by atoms with Crippen LogP contribution >= 0.6 is 22.9 Å². The molecule has 2 fully saturated rings. The highest BCUT2D eigenvalue weighted by Crippen LogP contribution is 2.35. The van der Waals surface area contributed by atoms with Gasteiger partial charge in [0, 0.05) is 24.1 Å². The number of aromatic carboxylic acids is 1. The summed E-state index contributed by atoms with van der Waals surface area (Å²) in [5.74, 6) is 0.797. The highest BCUT2D eigenvalue weighted by atomic mass is 35.5. The molecule has 10 heteroatoms. The number of piperidine rings is 1. The molecule has 0 spiro atoms. The molecule has 0 unspecified atom stereocenters. The fourth-order valence-electron chi connectivity index (χ4n) is 4.78. The molecule has 4 heterocycles. The lowest BCUT2D eigenvalue weighted by Gasteiger charge is -2.32. The van der Waals surface area contributed by atoms with Gasteiger partial charge in [-0.2, -0.15) is 0 Å². The summed E-state index contributed by atoms with van der Waals surface area (Å²) in [4.78, 5) is 19.3. The van der Waals surface area contributed by atoms with E-state index in [0.29, 0.717) is 40.3 Å². The van der Waals surface area contributed by atoms with Crippen molar-refractivity contribution in [2.75, 3.05) is 13.1 Å². The molecule has 190 valence electrons. The molecule has 8 nitrogen and oxygen atoms in total. The van der Waals surface area contributed by atoms with Gasteiger partial charge in [0.15, 0.2) is 5.76 Å². The molecule has 3 N–H and O–H groups in total. The lowest BCUT2D eigenvalue weighted by atomic mass is 10.1. The number of nitrogens with zero attached hydrogens (tertiary/aromatic N) is 4. The third-order valence-corrected chi connectivity index (χ3v) is 8.07. The zero-order valence-electron chi connectivity index (χ0n) is 20.3. The Labute approximate surface area is 215 Å². The summed E-state index contributed by atoms with van der Waals surface area (Å²) in [6, 6.07) is 6.68. The molecular weight excluding hydrogens is 486 g/mol. The molecule has 3 aromatic rings. The molecule has 1 saturated heterocycles. The number of carboxylic acids is 1. The van der Waals surface area contributed by atoms with Crippen LogP contribution < -0.4 is 5.73 Å². The van der Waals surface area contributed by atoms with Gasteiger partial charge >= 0.3 is 5.97 Å². The molecule has 0 radical (unpaired) electrons. The molecule has 1 saturated carbocycles. The fourth-order valence-corrected chi connectivity index (χ4v) is 5.78. The van der Waals surface area contributed by atoms with Crippen molar-refractivity contribution in [1.29, 1.82) is 0 Å². The zero-order chi connectivity index (χ0) is 24.9. The monoisotopic (exact) mass is 519 g/mol. The van der Waals surface area contributed by atoms with Gasteiger partial charge in [-0.15, -0.1) is 11.3 Å². The first-order valence-electron chi connectivity index (χ1n) is 12.3. The maximum atomic E-state index is 11.6. The molecule has 3 aromatic heterocycles. The van der Waals surface area contributed by atoms with Crippen LogP contribution in [-0.2, 0) is 6.54 Å². The minimum absolute atomic E-state index is 0.186. The van der Waals surface area contributed by atoms with Crippen LogP contribution in [0.3, 0.4) is 0 Å². The van der Waals surface area contributed by atoms with Crippen molar-refractivity contribution in [2.24, 2.45) is 5.73 Å². The highest BCUT2D eigenvalue weighted by molar-refractivity contribution is 7.19. The summed E-state index contributed by atoms with van der Waals surface area (Å²) in [6.45, 7) is 7.21. The quantitative estimate of drug-likeness (QED) is 0.444. The zero-order valence-corrected chi connectivity index (χ0v) is 21.9. The maximum Gasteiger partial charge on any atom is 0.354 e. The molecule has 0 atom stereocenters. The molecule has 5 rings (SSSR count). The van der Waals surface area contributed by atoms with Crippen molar-refractivity contribution < 1.29 is 14.4 Å². The smallest absolute Gasteiger partial charge is 0.354 e. The minimum Gasteiger partial charge on any atom is -0.477 e. The van der Waals surface area contributed by atoms with Crippen LogP contribution in [0.5, 0.6) is 0 Å². The Morgan fingerprint density at radius 2 is 1.97 bits per heavy atom. The normalized spacial score (nSPS) is 17.6. The molecule has 0 bridgehead atoms. The third-order valence-electron chi connectivity index (χ3n) is 6.83. The van der Waals surface area contributed by atoms with Gasteiger partial charge in [-0.1, -0.05) is 29.6 Å². The van der Waals surface area contributed by atoms with E-state index in [-0.39, 0.29) is 5.69 Å². The standard InChI is InChI=1S/C17H16ClN3O3S.C8H18N2/c18-15-6-5-14(25-15)13-7-11(20-24-13)9-21-12(17(22)23)8-19-16(21)10-3-1-2-4-10;1-7(2)10-5-3-8(9)4-6-10/h5-8,10H,1-4,9H2,(H,22,23);7-8H,3-6,9H2,1-2H3. The van der Waals surface area contributed by atoms with Crippen LogP contribution in [-0.4, -0.2) is 55.9 Å². The lowest BCUT2D eigenvalue weighted by molar-refractivity contribution is 0.0685. The SMILES string of the molecule is CC(C)N1CCC(N)CC1.O=C(O)c1cnc(C2CCCC2)n1Cc1cc(-c2ccc(Cl)s2)on1. The van der Waals surface area contributed by atoms with E-state index in [0.717, 1.165) is 36.4 Å². The summed E-state index contributed by atoms with van der Waals surface area (Å²) >= 11 is 7.37. The Bertz CT molecular complexity index is 1110. The second kappa shape index (κ2) is 11.7. The van der Waals surface area contributed by atoms with Crippen molar-refractivity contribution in [3.05, 3.63) is 45.9 Å². The molecule has 1 aliphatic heterocycles. The molecule has 2 aliphatic rings. The van der Waals surface area contributed by atoms with Gasteiger partial charge in [0.05, 0.1) is 22.0 Å². The predicted molar refractivity (Wildman–Crippen MR) is 138 cm³/mol. The van der Waals surface area contributed by atoms with Crippen LogP contribution in [0.25, 0.3) is 10.6 Å². The number of aromatic nitrogens is 3. The Balaban J connectivity index is 0.000000243. The van der Waals surface area contributed by atoms with Gasteiger partial charge < -0.3 is 24.8 Å². The van der Waals surface area contributed by atoms with E-state index in [4.69, 9.17) is 21.9 Å². The molecular formula is C25H34ClN5O3S. The topological polar surface area (TPSA) is 110 Å². The van der Waals surface area contributed by atoms with E-state index in [2.05, 4.69) is 28.9 Å². The second-order valence-electron chi connectivity index (χ2n) is 9.63. The van der Waals surface area contributed by atoms with Crippen LogP contribution in [0.2, 0.25) is 4.34 Å². The van der Waals surface area contributed by atoms with E-state index >= 15 is 0 Å². The first-order valence-corrected chi connectivity index (χ1v) is 13.5. The summed E-state index contributed by atoms with van der Waals surface area (Å²) in [5, 5.41) is 13.6. The number of carbonyl (C=O) groups is 1. The average Bonchev–Trinajstić information content (AvgIpc) is 3.62. The number of likely N-dealkylation sites (tertiary alicyclic amines) is 1. The van der Waals surface area contributed by atoms with E-state index in [1.807, 2.05) is 12.1 Å².